The summed E-state index contributed by atoms with van der Waals surface area (Å²) in [5.41, 5.74) is 6.09. The lowest BCUT2D eigenvalue weighted by Gasteiger charge is -2.15. The van der Waals surface area contributed by atoms with E-state index in [4.69, 9.17) is 5.73 Å². The molecule has 3 amide bonds. The fraction of sp³-hybridized carbons (Fsp3) is 0.417. The highest BCUT2D eigenvalue weighted by atomic mass is 32.1. The van der Waals surface area contributed by atoms with E-state index in [1.165, 1.54) is 18.4 Å². The van der Waals surface area contributed by atoms with Crippen molar-refractivity contribution in [2.45, 2.75) is 25.8 Å². The van der Waals surface area contributed by atoms with E-state index in [-0.39, 0.29) is 18.7 Å². The van der Waals surface area contributed by atoms with E-state index in [9.17, 15) is 14.4 Å². The Morgan fingerprint density at radius 1 is 1.42 bits per heavy atom. The number of carbonyl (C=O) groups excluding carboxylic acids is 3. The molecule has 1 aromatic heterocycles. The molecule has 6 nitrogen and oxygen atoms in total. The van der Waals surface area contributed by atoms with Gasteiger partial charge in [0, 0.05) is 11.9 Å². The van der Waals surface area contributed by atoms with Crippen LogP contribution in [0.2, 0.25) is 0 Å². The normalized spacial score (nSPS) is 11.7. The van der Waals surface area contributed by atoms with E-state index >= 15 is 0 Å². The largest absolute Gasteiger partial charge is 0.370 e. The molecule has 0 aromatic carbocycles. The fourth-order valence-corrected chi connectivity index (χ4v) is 2.47. The number of aryl methyl sites for hydroxylation is 1. The highest BCUT2D eigenvalue weighted by Crippen LogP contribution is 2.15. The number of primary amides is 1. The molecule has 0 bridgehead atoms. The highest BCUT2D eigenvalue weighted by Gasteiger charge is 2.22. The van der Waals surface area contributed by atoms with Gasteiger partial charge in [0.05, 0.1) is 12.8 Å². The first kappa shape index (κ1) is 15.2. The molecule has 0 fully saturated rings. The van der Waals surface area contributed by atoms with Gasteiger partial charge in [0.2, 0.25) is 17.7 Å². The Hall–Kier alpha value is -1.89. The summed E-state index contributed by atoms with van der Waals surface area (Å²) in [5, 5.41) is 6.81. The lowest BCUT2D eigenvalue weighted by atomic mass is 10.1. The summed E-state index contributed by atoms with van der Waals surface area (Å²) in [6.45, 7) is 1.92. The predicted octanol–water partition coefficient (Wildman–Crippen LogP) is -0.295. The monoisotopic (exact) mass is 283 g/mol. The van der Waals surface area contributed by atoms with Crippen molar-refractivity contribution in [3.8, 4) is 0 Å². The summed E-state index contributed by atoms with van der Waals surface area (Å²) >= 11 is 1.48. The molecule has 7 heteroatoms. The van der Waals surface area contributed by atoms with Crippen LogP contribution in [-0.2, 0) is 20.8 Å². The SMILES string of the molecule is CNC(=O)[C@H](CC(N)=O)NC(=O)Cc1sccc1C. The minimum absolute atomic E-state index is 0.190. The lowest BCUT2D eigenvalue weighted by Crippen LogP contribution is -2.48. The maximum absolute atomic E-state index is 11.8. The second-order valence-corrected chi connectivity index (χ2v) is 5.11. The number of amides is 3. The van der Waals surface area contributed by atoms with E-state index in [1.54, 1.807) is 0 Å². The third kappa shape index (κ3) is 4.70. The van der Waals surface area contributed by atoms with Gasteiger partial charge in [0.15, 0.2) is 0 Å². The summed E-state index contributed by atoms with van der Waals surface area (Å²) in [4.78, 5) is 35.2. The zero-order valence-electron chi connectivity index (χ0n) is 10.9. The maximum atomic E-state index is 11.8. The topological polar surface area (TPSA) is 101 Å². The number of hydrogen-bond donors (Lipinski definition) is 3. The number of rotatable bonds is 6. The lowest BCUT2D eigenvalue weighted by molar-refractivity contribution is -0.130. The number of nitrogens with one attached hydrogen (secondary N) is 2. The predicted molar refractivity (Wildman–Crippen MR) is 72.6 cm³/mol. The molecular formula is C12H17N3O3S. The van der Waals surface area contributed by atoms with Crippen molar-refractivity contribution in [1.82, 2.24) is 10.6 Å². The molecule has 1 rings (SSSR count). The highest BCUT2D eigenvalue weighted by molar-refractivity contribution is 7.10. The molecule has 0 aliphatic heterocycles. The van der Waals surface area contributed by atoms with Gasteiger partial charge in [-0.3, -0.25) is 14.4 Å². The third-order valence-corrected chi connectivity index (χ3v) is 3.62. The van der Waals surface area contributed by atoms with E-state index in [0.29, 0.717) is 0 Å². The summed E-state index contributed by atoms with van der Waals surface area (Å²) in [7, 11) is 1.44. The minimum Gasteiger partial charge on any atom is -0.370 e. The zero-order chi connectivity index (χ0) is 14.4. The van der Waals surface area contributed by atoms with E-state index in [2.05, 4.69) is 10.6 Å². The summed E-state index contributed by atoms with van der Waals surface area (Å²) in [6, 6.07) is 1.00. The van der Waals surface area contributed by atoms with E-state index < -0.39 is 17.9 Å². The Bertz CT molecular complexity index is 484. The van der Waals surface area contributed by atoms with Crippen LogP contribution in [0, 0.1) is 6.92 Å². The molecule has 19 heavy (non-hydrogen) atoms. The van der Waals surface area contributed by atoms with Gasteiger partial charge in [0.1, 0.15) is 6.04 Å². The quantitative estimate of drug-likeness (QED) is 0.668. The van der Waals surface area contributed by atoms with Crippen LogP contribution in [0.4, 0.5) is 0 Å². The van der Waals surface area contributed by atoms with Crippen molar-refractivity contribution in [3.05, 3.63) is 21.9 Å². The molecule has 0 aliphatic carbocycles. The van der Waals surface area contributed by atoms with Crippen LogP contribution >= 0.6 is 11.3 Å². The number of nitrogens with two attached hydrogens (primary N) is 1. The van der Waals surface area contributed by atoms with Gasteiger partial charge in [-0.1, -0.05) is 0 Å². The van der Waals surface area contributed by atoms with Crippen molar-refractivity contribution < 1.29 is 14.4 Å². The number of thiophene rings is 1. The Morgan fingerprint density at radius 2 is 2.11 bits per heavy atom. The number of likely N-dealkylation sites (N-methyl/N-ethyl adjacent to an activating group) is 1. The van der Waals surface area contributed by atoms with Gasteiger partial charge >= 0.3 is 0 Å². The standard InChI is InChI=1S/C12H17N3O3S/c1-7-3-4-19-9(7)6-11(17)15-8(5-10(13)16)12(18)14-2/h3-4,8H,5-6H2,1-2H3,(H2,13,16)(H,14,18)(H,15,17)/t8-/m0/s1. The van der Waals surface area contributed by atoms with Gasteiger partial charge in [-0.25, -0.2) is 0 Å². The van der Waals surface area contributed by atoms with Crippen molar-refractivity contribution in [2.24, 2.45) is 5.73 Å². The van der Waals surface area contributed by atoms with Crippen LogP contribution in [0.1, 0.15) is 16.9 Å². The molecule has 104 valence electrons. The summed E-state index contributed by atoms with van der Waals surface area (Å²) in [6.07, 6.45) is -0.0232. The van der Waals surface area contributed by atoms with Crippen molar-refractivity contribution >= 4 is 29.1 Å². The molecule has 4 N–H and O–H groups in total. The molecule has 1 aromatic rings. The first-order chi connectivity index (χ1) is 8.93. The number of hydrogen-bond acceptors (Lipinski definition) is 4. The van der Waals surface area contributed by atoms with Crippen LogP contribution in [0.15, 0.2) is 11.4 Å². The summed E-state index contributed by atoms with van der Waals surface area (Å²) in [5.74, 6) is -1.38. The average Bonchev–Trinajstić information content (AvgIpc) is 2.72. The third-order valence-electron chi connectivity index (χ3n) is 2.59. The van der Waals surface area contributed by atoms with E-state index in [1.807, 2.05) is 18.4 Å². The van der Waals surface area contributed by atoms with E-state index in [0.717, 1.165) is 10.4 Å². The Morgan fingerprint density at radius 3 is 2.58 bits per heavy atom. The molecule has 1 heterocycles. The Labute approximate surface area is 115 Å². The second-order valence-electron chi connectivity index (χ2n) is 4.11. The Kier molecular flexibility index (Phi) is 5.50. The first-order valence-electron chi connectivity index (χ1n) is 5.76. The number of carbonyl (C=O) groups is 3. The van der Waals surface area contributed by atoms with Gasteiger partial charge < -0.3 is 16.4 Å². The Balaban J connectivity index is 2.63. The molecule has 0 spiro atoms. The van der Waals surface area contributed by atoms with Crippen LogP contribution in [0.25, 0.3) is 0 Å². The summed E-state index contributed by atoms with van der Waals surface area (Å²) < 4.78 is 0. The van der Waals surface area contributed by atoms with Crippen LogP contribution in [-0.4, -0.2) is 30.8 Å². The van der Waals surface area contributed by atoms with Crippen molar-refractivity contribution in [1.29, 1.82) is 0 Å². The molecule has 0 unspecified atom stereocenters. The molecule has 0 radical (unpaired) electrons. The van der Waals surface area contributed by atoms with Gasteiger partial charge in [-0.15, -0.1) is 11.3 Å². The zero-order valence-corrected chi connectivity index (χ0v) is 11.7. The molecule has 0 saturated carbocycles. The molecule has 0 saturated heterocycles. The molecule has 0 aliphatic rings. The van der Waals surface area contributed by atoms with Crippen LogP contribution in [0.5, 0.6) is 0 Å². The fourth-order valence-electron chi connectivity index (χ4n) is 1.56. The van der Waals surface area contributed by atoms with Crippen molar-refractivity contribution in [2.75, 3.05) is 7.05 Å². The second kappa shape index (κ2) is 6.89. The molecular weight excluding hydrogens is 266 g/mol. The van der Waals surface area contributed by atoms with Crippen LogP contribution < -0.4 is 16.4 Å². The smallest absolute Gasteiger partial charge is 0.242 e. The van der Waals surface area contributed by atoms with Gasteiger partial charge in [-0.2, -0.15) is 0 Å². The average molecular weight is 283 g/mol. The minimum atomic E-state index is -0.921. The van der Waals surface area contributed by atoms with Gasteiger partial charge in [0.25, 0.3) is 0 Å². The van der Waals surface area contributed by atoms with Gasteiger partial charge in [-0.05, 0) is 23.9 Å². The van der Waals surface area contributed by atoms with Crippen LogP contribution in [0.3, 0.4) is 0 Å². The van der Waals surface area contributed by atoms with Crippen molar-refractivity contribution in [3.63, 3.8) is 0 Å². The first-order valence-corrected chi connectivity index (χ1v) is 6.64. The maximum Gasteiger partial charge on any atom is 0.242 e. The molecule has 1 atom stereocenters.